The summed E-state index contributed by atoms with van der Waals surface area (Å²) in [5, 5.41) is 9.43. The van der Waals surface area contributed by atoms with Crippen LogP contribution in [0.25, 0.3) is 0 Å². The van der Waals surface area contributed by atoms with Crippen molar-refractivity contribution in [3.8, 4) is 0 Å². The van der Waals surface area contributed by atoms with Gasteiger partial charge in [0.25, 0.3) is 0 Å². The summed E-state index contributed by atoms with van der Waals surface area (Å²) in [6.45, 7) is 2.16. The number of aliphatic hydroxyl groups excluding tert-OH is 1. The van der Waals surface area contributed by atoms with E-state index in [2.05, 4.69) is 6.92 Å². The molecule has 1 heterocycles. The van der Waals surface area contributed by atoms with E-state index in [1.165, 1.54) is 12.0 Å². The van der Waals surface area contributed by atoms with E-state index in [0.29, 0.717) is 12.8 Å². The summed E-state index contributed by atoms with van der Waals surface area (Å²) in [5.74, 6) is -0.202. The van der Waals surface area contributed by atoms with Crippen LogP contribution in [-0.4, -0.2) is 47.9 Å². The van der Waals surface area contributed by atoms with Crippen molar-refractivity contribution in [1.82, 2.24) is 4.90 Å². The number of ether oxygens (including phenoxy) is 2. The summed E-state index contributed by atoms with van der Waals surface area (Å²) < 4.78 is 10.3. The maximum atomic E-state index is 12.8. The van der Waals surface area contributed by atoms with Gasteiger partial charge in [-0.3, -0.25) is 4.90 Å². The molecule has 1 aliphatic rings. The van der Waals surface area contributed by atoms with Crippen molar-refractivity contribution in [3.05, 3.63) is 35.9 Å². The van der Waals surface area contributed by atoms with Crippen molar-refractivity contribution < 1.29 is 24.2 Å². The average molecular weight is 349 g/mol. The predicted molar refractivity (Wildman–Crippen MR) is 92.8 cm³/mol. The van der Waals surface area contributed by atoms with Gasteiger partial charge in [-0.1, -0.05) is 43.7 Å². The van der Waals surface area contributed by atoms with E-state index in [1.807, 2.05) is 30.3 Å². The van der Waals surface area contributed by atoms with Crippen molar-refractivity contribution in [3.63, 3.8) is 0 Å². The summed E-state index contributed by atoms with van der Waals surface area (Å²) in [6, 6.07) is 8.52. The van der Waals surface area contributed by atoms with E-state index < -0.39 is 18.1 Å². The molecule has 1 aromatic carbocycles. The first-order valence-corrected chi connectivity index (χ1v) is 8.80. The summed E-state index contributed by atoms with van der Waals surface area (Å²) in [4.78, 5) is 26.4. The fraction of sp³-hybridized carbons (Fsp3) is 0.579. The summed E-state index contributed by atoms with van der Waals surface area (Å²) >= 11 is 0. The lowest BCUT2D eigenvalue weighted by Gasteiger charge is -2.44. The summed E-state index contributed by atoms with van der Waals surface area (Å²) in [6.07, 6.45) is 2.14. The van der Waals surface area contributed by atoms with Gasteiger partial charge in [-0.2, -0.15) is 0 Å². The van der Waals surface area contributed by atoms with E-state index in [4.69, 9.17) is 9.47 Å². The van der Waals surface area contributed by atoms with Crippen molar-refractivity contribution in [2.75, 3.05) is 13.7 Å². The topological polar surface area (TPSA) is 76.1 Å². The van der Waals surface area contributed by atoms with Crippen LogP contribution in [0.2, 0.25) is 0 Å². The highest BCUT2D eigenvalue weighted by Crippen LogP contribution is 2.33. The van der Waals surface area contributed by atoms with Crippen molar-refractivity contribution >= 4 is 12.1 Å². The number of piperidine rings is 1. The minimum atomic E-state index is -0.660. The molecule has 3 atom stereocenters. The van der Waals surface area contributed by atoms with Crippen molar-refractivity contribution in [1.29, 1.82) is 0 Å². The van der Waals surface area contributed by atoms with E-state index in [-0.39, 0.29) is 25.2 Å². The number of nitrogens with zero attached hydrogens (tertiary/aromatic N) is 1. The molecule has 0 spiro atoms. The van der Waals surface area contributed by atoms with Crippen LogP contribution in [0.4, 0.5) is 4.79 Å². The van der Waals surface area contributed by atoms with E-state index in [1.54, 1.807) is 0 Å². The highest BCUT2D eigenvalue weighted by molar-refractivity contribution is 5.82. The molecule has 6 heteroatoms. The Balaban J connectivity index is 2.17. The van der Waals surface area contributed by atoms with Gasteiger partial charge < -0.3 is 14.6 Å². The molecular formula is C19H27NO5. The van der Waals surface area contributed by atoms with Gasteiger partial charge >= 0.3 is 12.1 Å². The lowest BCUT2D eigenvalue weighted by atomic mass is 9.82. The Hall–Kier alpha value is -2.08. The Labute approximate surface area is 148 Å². The van der Waals surface area contributed by atoms with Gasteiger partial charge in [-0.25, -0.2) is 9.59 Å². The second-order valence-electron chi connectivity index (χ2n) is 6.31. The molecule has 0 unspecified atom stereocenters. The number of hydrogen-bond acceptors (Lipinski definition) is 5. The Morgan fingerprint density at radius 2 is 1.96 bits per heavy atom. The Bertz CT molecular complexity index is 562. The molecule has 1 fully saturated rings. The van der Waals surface area contributed by atoms with Crippen LogP contribution in [0.5, 0.6) is 0 Å². The minimum Gasteiger partial charge on any atom is -0.467 e. The zero-order chi connectivity index (χ0) is 18.2. The van der Waals surface area contributed by atoms with Crippen molar-refractivity contribution in [2.24, 2.45) is 5.92 Å². The third-order valence-corrected chi connectivity index (χ3v) is 4.89. The van der Waals surface area contributed by atoms with Crippen LogP contribution < -0.4 is 0 Å². The van der Waals surface area contributed by atoms with Gasteiger partial charge in [0.15, 0.2) is 0 Å². The van der Waals surface area contributed by atoms with E-state index in [0.717, 1.165) is 18.4 Å². The molecule has 0 radical (unpaired) electrons. The highest BCUT2D eigenvalue weighted by Gasteiger charge is 2.43. The maximum Gasteiger partial charge on any atom is 0.411 e. The first-order valence-electron chi connectivity index (χ1n) is 8.80. The fourth-order valence-electron chi connectivity index (χ4n) is 3.57. The van der Waals surface area contributed by atoms with Gasteiger partial charge in [0.1, 0.15) is 12.6 Å². The Morgan fingerprint density at radius 3 is 2.56 bits per heavy atom. The fourth-order valence-corrected chi connectivity index (χ4v) is 3.57. The Morgan fingerprint density at radius 1 is 1.24 bits per heavy atom. The van der Waals surface area contributed by atoms with Gasteiger partial charge in [0, 0.05) is 12.6 Å². The van der Waals surface area contributed by atoms with Crippen LogP contribution in [0, 0.1) is 5.92 Å². The summed E-state index contributed by atoms with van der Waals surface area (Å²) in [7, 11) is 1.32. The van der Waals surface area contributed by atoms with E-state index in [9.17, 15) is 14.7 Å². The smallest absolute Gasteiger partial charge is 0.411 e. The third-order valence-electron chi connectivity index (χ3n) is 4.89. The number of hydrogen-bond donors (Lipinski definition) is 1. The van der Waals surface area contributed by atoms with E-state index >= 15 is 0 Å². The SMILES string of the molecule is CC[C@@H]1CC[C@H](C(=O)OC)N(C(=O)OCc2ccccc2)[C@@H]1CCO. The molecule has 0 saturated carbocycles. The summed E-state index contributed by atoms with van der Waals surface area (Å²) in [5.41, 5.74) is 0.883. The Kier molecular flexibility index (Phi) is 7.25. The number of methoxy groups -OCH3 is 1. The van der Waals surface area contributed by atoms with Crippen LogP contribution in [0.15, 0.2) is 30.3 Å². The number of aliphatic hydroxyl groups is 1. The monoisotopic (exact) mass is 349 g/mol. The molecule has 0 aromatic heterocycles. The number of carbonyl (C=O) groups is 2. The standard InChI is InChI=1S/C19H27NO5/c1-3-15-9-10-17(18(22)24-2)20(16(15)11-12-21)19(23)25-13-14-7-5-4-6-8-14/h4-8,15-17,21H,3,9-13H2,1-2H3/t15-,16-,17-/m1/s1. The number of rotatable bonds is 6. The maximum absolute atomic E-state index is 12.8. The molecule has 1 aliphatic heterocycles. The number of carbonyl (C=O) groups excluding carboxylic acids is 2. The molecule has 0 bridgehead atoms. The second kappa shape index (κ2) is 9.42. The largest absolute Gasteiger partial charge is 0.467 e. The highest BCUT2D eigenvalue weighted by atomic mass is 16.6. The molecule has 1 saturated heterocycles. The molecule has 25 heavy (non-hydrogen) atoms. The van der Waals surface area contributed by atoms with Gasteiger partial charge in [0.05, 0.1) is 7.11 Å². The lowest BCUT2D eigenvalue weighted by Crippen LogP contribution is -2.57. The molecule has 0 aliphatic carbocycles. The number of benzene rings is 1. The van der Waals surface area contributed by atoms with Gasteiger partial charge in [0.2, 0.25) is 0 Å². The molecular weight excluding hydrogens is 322 g/mol. The molecule has 1 N–H and O–H groups in total. The van der Waals surface area contributed by atoms with Crippen LogP contribution in [0.3, 0.4) is 0 Å². The zero-order valence-electron chi connectivity index (χ0n) is 14.9. The third kappa shape index (κ3) is 4.72. The number of amides is 1. The molecule has 138 valence electrons. The molecule has 1 aromatic rings. The van der Waals surface area contributed by atoms with Crippen LogP contribution >= 0.6 is 0 Å². The zero-order valence-corrected chi connectivity index (χ0v) is 14.9. The average Bonchev–Trinajstić information content (AvgIpc) is 2.66. The first-order chi connectivity index (χ1) is 12.1. The van der Waals surface area contributed by atoms with Crippen LogP contribution in [0.1, 0.15) is 38.2 Å². The molecule has 1 amide bonds. The molecule has 6 nitrogen and oxygen atoms in total. The van der Waals surface area contributed by atoms with Gasteiger partial charge in [-0.05, 0) is 30.7 Å². The lowest BCUT2D eigenvalue weighted by molar-refractivity contribution is -0.150. The first kappa shape index (κ1) is 19.2. The second-order valence-corrected chi connectivity index (χ2v) is 6.31. The number of likely N-dealkylation sites (tertiary alicyclic amines) is 1. The van der Waals surface area contributed by atoms with Crippen LogP contribution in [-0.2, 0) is 20.9 Å². The predicted octanol–water partition coefficient (Wildman–Crippen LogP) is 2.74. The quantitative estimate of drug-likeness (QED) is 0.799. The molecule has 2 rings (SSSR count). The van der Waals surface area contributed by atoms with Crippen molar-refractivity contribution in [2.45, 2.75) is 51.3 Å². The minimum absolute atomic E-state index is 0.0441. The van der Waals surface area contributed by atoms with Gasteiger partial charge in [-0.15, -0.1) is 0 Å². The number of esters is 1. The normalized spacial score (nSPS) is 23.2.